The van der Waals surface area contributed by atoms with Crippen LogP contribution in [0.3, 0.4) is 0 Å². The van der Waals surface area contributed by atoms with Crippen molar-refractivity contribution in [3.8, 4) is 5.75 Å². The molecule has 2 heterocycles. The van der Waals surface area contributed by atoms with E-state index in [2.05, 4.69) is 16.0 Å². The lowest BCUT2D eigenvalue weighted by molar-refractivity contribution is 0.415. The molecule has 0 fully saturated rings. The number of fused-ring (bicyclic) bond motifs is 1. The summed E-state index contributed by atoms with van der Waals surface area (Å²) in [6.45, 7) is 0. The number of aromatic nitrogens is 2. The Morgan fingerprint density at radius 1 is 0.950 bits per heavy atom. The van der Waals surface area contributed by atoms with Gasteiger partial charge in [-0.2, -0.15) is 0 Å². The van der Waals surface area contributed by atoms with E-state index < -0.39 is 0 Å². The summed E-state index contributed by atoms with van der Waals surface area (Å²) >= 11 is 0. The van der Waals surface area contributed by atoms with E-state index in [4.69, 9.17) is 4.74 Å². The molecular formula is C17H14N2O. The number of ether oxygens (including phenoxy) is 1. The molecule has 0 saturated carbocycles. The van der Waals surface area contributed by atoms with Crippen molar-refractivity contribution in [2.75, 3.05) is 7.11 Å². The van der Waals surface area contributed by atoms with E-state index in [0.717, 1.165) is 27.9 Å². The van der Waals surface area contributed by atoms with Gasteiger partial charge in [0.1, 0.15) is 5.75 Å². The molecule has 3 nitrogen and oxygen atoms in total. The van der Waals surface area contributed by atoms with E-state index in [-0.39, 0.29) is 0 Å². The molecule has 3 aromatic rings. The Balaban J connectivity index is 1.91. The van der Waals surface area contributed by atoms with Gasteiger partial charge in [0.2, 0.25) is 0 Å². The number of benzene rings is 1. The van der Waals surface area contributed by atoms with Crippen LogP contribution in [0.5, 0.6) is 5.75 Å². The van der Waals surface area contributed by atoms with Gasteiger partial charge in [0.05, 0.1) is 18.3 Å². The molecule has 0 aliphatic rings. The van der Waals surface area contributed by atoms with Crippen LogP contribution in [0.2, 0.25) is 0 Å². The Hall–Kier alpha value is -2.68. The summed E-state index contributed by atoms with van der Waals surface area (Å²) in [5.41, 5.74) is 3.00. The molecule has 0 radical (unpaired) electrons. The van der Waals surface area contributed by atoms with Gasteiger partial charge >= 0.3 is 0 Å². The quantitative estimate of drug-likeness (QED) is 0.720. The van der Waals surface area contributed by atoms with Crippen LogP contribution >= 0.6 is 0 Å². The van der Waals surface area contributed by atoms with Crippen LogP contribution in [-0.4, -0.2) is 17.1 Å². The van der Waals surface area contributed by atoms with Gasteiger partial charge in [0, 0.05) is 17.8 Å². The molecule has 0 spiro atoms. The Kier molecular flexibility index (Phi) is 3.42. The SMILES string of the molecule is COc1ccc2nc(/C=C/c3ccncc3)ccc2c1. The summed E-state index contributed by atoms with van der Waals surface area (Å²) in [5.74, 6) is 0.847. The highest BCUT2D eigenvalue weighted by Gasteiger charge is 1.98. The largest absolute Gasteiger partial charge is 0.497 e. The topological polar surface area (TPSA) is 35.0 Å². The molecule has 0 saturated heterocycles. The zero-order valence-electron chi connectivity index (χ0n) is 11.2. The van der Waals surface area contributed by atoms with Gasteiger partial charge in [-0.1, -0.05) is 12.1 Å². The van der Waals surface area contributed by atoms with Crippen molar-refractivity contribution in [1.82, 2.24) is 9.97 Å². The van der Waals surface area contributed by atoms with Crippen molar-refractivity contribution in [3.63, 3.8) is 0 Å². The van der Waals surface area contributed by atoms with Crippen molar-refractivity contribution in [1.29, 1.82) is 0 Å². The Morgan fingerprint density at radius 2 is 1.80 bits per heavy atom. The Morgan fingerprint density at radius 3 is 2.60 bits per heavy atom. The summed E-state index contributed by atoms with van der Waals surface area (Å²) in [5, 5.41) is 1.07. The van der Waals surface area contributed by atoms with Crippen molar-refractivity contribution in [2.24, 2.45) is 0 Å². The van der Waals surface area contributed by atoms with Crippen molar-refractivity contribution >= 4 is 23.1 Å². The second-order valence-corrected chi connectivity index (χ2v) is 4.41. The minimum atomic E-state index is 0.847. The molecule has 0 bridgehead atoms. The average molecular weight is 262 g/mol. The van der Waals surface area contributed by atoms with E-state index >= 15 is 0 Å². The van der Waals surface area contributed by atoms with Gasteiger partial charge in [-0.3, -0.25) is 4.98 Å². The molecule has 3 heteroatoms. The molecule has 0 aliphatic carbocycles. The van der Waals surface area contributed by atoms with Crippen molar-refractivity contribution in [2.45, 2.75) is 0 Å². The lowest BCUT2D eigenvalue weighted by Crippen LogP contribution is -1.86. The highest BCUT2D eigenvalue weighted by Crippen LogP contribution is 2.20. The van der Waals surface area contributed by atoms with Crippen LogP contribution in [0.25, 0.3) is 23.1 Å². The fraction of sp³-hybridized carbons (Fsp3) is 0.0588. The number of rotatable bonds is 3. The van der Waals surface area contributed by atoms with E-state index in [1.54, 1.807) is 19.5 Å². The van der Waals surface area contributed by atoms with Crippen molar-refractivity contribution < 1.29 is 4.74 Å². The minimum Gasteiger partial charge on any atom is -0.497 e. The van der Waals surface area contributed by atoms with E-state index in [0.29, 0.717) is 0 Å². The predicted molar refractivity (Wildman–Crippen MR) is 81.5 cm³/mol. The van der Waals surface area contributed by atoms with Crippen LogP contribution in [0, 0.1) is 0 Å². The summed E-state index contributed by atoms with van der Waals surface area (Å²) in [6, 6.07) is 13.9. The van der Waals surface area contributed by atoms with Crippen LogP contribution in [0.15, 0.2) is 54.9 Å². The summed E-state index contributed by atoms with van der Waals surface area (Å²) < 4.78 is 5.21. The first-order valence-corrected chi connectivity index (χ1v) is 6.38. The van der Waals surface area contributed by atoms with Crippen LogP contribution in [0.1, 0.15) is 11.3 Å². The normalized spacial score (nSPS) is 11.1. The lowest BCUT2D eigenvalue weighted by atomic mass is 10.1. The molecule has 0 aliphatic heterocycles. The standard InChI is InChI=1S/C17H14N2O/c1-20-16-6-7-17-14(12-16)3-5-15(19-17)4-2-13-8-10-18-11-9-13/h2-12H,1H3/b4-2+. The van der Waals surface area contributed by atoms with Gasteiger partial charge in [0.15, 0.2) is 0 Å². The second-order valence-electron chi connectivity index (χ2n) is 4.41. The second kappa shape index (κ2) is 5.53. The van der Waals surface area contributed by atoms with Gasteiger partial charge in [-0.15, -0.1) is 0 Å². The third-order valence-corrected chi connectivity index (χ3v) is 3.07. The first-order valence-electron chi connectivity index (χ1n) is 6.38. The van der Waals surface area contributed by atoms with Gasteiger partial charge in [-0.05, 0) is 48.0 Å². The molecule has 2 aromatic heterocycles. The van der Waals surface area contributed by atoms with E-state index in [1.165, 1.54) is 0 Å². The first kappa shape index (κ1) is 12.4. The lowest BCUT2D eigenvalue weighted by Gasteiger charge is -2.02. The number of hydrogen-bond acceptors (Lipinski definition) is 3. The predicted octanol–water partition coefficient (Wildman–Crippen LogP) is 3.81. The molecule has 0 unspecified atom stereocenters. The fourth-order valence-corrected chi connectivity index (χ4v) is 2.00. The zero-order chi connectivity index (χ0) is 13.8. The maximum absolute atomic E-state index is 5.21. The molecule has 3 rings (SSSR count). The molecule has 20 heavy (non-hydrogen) atoms. The number of pyridine rings is 2. The van der Waals surface area contributed by atoms with Crippen LogP contribution < -0.4 is 4.74 Å². The highest BCUT2D eigenvalue weighted by atomic mass is 16.5. The van der Waals surface area contributed by atoms with Gasteiger partial charge in [-0.25, -0.2) is 4.98 Å². The van der Waals surface area contributed by atoms with Crippen molar-refractivity contribution in [3.05, 3.63) is 66.1 Å². The summed E-state index contributed by atoms with van der Waals surface area (Å²) in [6.07, 6.45) is 7.58. The smallest absolute Gasteiger partial charge is 0.119 e. The monoisotopic (exact) mass is 262 g/mol. The number of hydrogen-bond donors (Lipinski definition) is 0. The molecular weight excluding hydrogens is 248 g/mol. The van der Waals surface area contributed by atoms with Crippen LogP contribution in [0.4, 0.5) is 0 Å². The minimum absolute atomic E-state index is 0.847. The molecule has 0 N–H and O–H groups in total. The Bertz CT molecular complexity index is 751. The first-order chi connectivity index (χ1) is 9.85. The number of methoxy groups -OCH3 is 1. The Labute approximate surface area is 117 Å². The molecule has 98 valence electrons. The third kappa shape index (κ3) is 2.67. The molecule has 0 amide bonds. The average Bonchev–Trinajstić information content (AvgIpc) is 2.53. The fourth-order valence-electron chi connectivity index (χ4n) is 2.00. The molecule has 1 aromatic carbocycles. The summed E-state index contributed by atoms with van der Waals surface area (Å²) in [4.78, 5) is 8.60. The van der Waals surface area contributed by atoms with Gasteiger partial charge < -0.3 is 4.74 Å². The molecule has 0 atom stereocenters. The maximum atomic E-state index is 5.21. The number of nitrogens with zero attached hydrogens (tertiary/aromatic N) is 2. The van der Waals surface area contributed by atoms with E-state index in [9.17, 15) is 0 Å². The maximum Gasteiger partial charge on any atom is 0.119 e. The van der Waals surface area contributed by atoms with Crippen LogP contribution in [-0.2, 0) is 0 Å². The zero-order valence-corrected chi connectivity index (χ0v) is 11.2. The van der Waals surface area contributed by atoms with E-state index in [1.807, 2.05) is 48.6 Å². The highest BCUT2D eigenvalue weighted by molar-refractivity contribution is 5.82. The summed E-state index contributed by atoms with van der Waals surface area (Å²) in [7, 11) is 1.67. The van der Waals surface area contributed by atoms with Gasteiger partial charge in [0.25, 0.3) is 0 Å². The third-order valence-electron chi connectivity index (χ3n) is 3.07.